The minimum absolute atomic E-state index is 0.00667. The molecule has 0 aromatic rings. The molecule has 2 unspecified atom stereocenters. The summed E-state index contributed by atoms with van der Waals surface area (Å²) in [7, 11) is 0. The van der Waals surface area contributed by atoms with E-state index in [9.17, 15) is 13.2 Å². The highest BCUT2D eigenvalue weighted by atomic mass is 35.5. The molecule has 66 valence electrons. The summed E-state index contributed by atoms with van der Waals surface area (Å²) < 4.78 is 36.0. The minimum Gasteiger partial charge on any atom is -0.315 e. The highest BCUT2D eigenvalue weighted by Crippen LogP contribution is 2.31. The number of rotatable bonds is 0. The van der Waals surface area contributed by atoms with E-state index < -0.39 is 12.1 Å². The van der Waals surface area contributed by atoms with Crippen LogP contribution in [0.25, 0.3) is 0 Å². The molecule has 1 heterocycles. The smallest absolute Gasteiger partial charge is 0.315 e. The first kappa shape index (κ1) is 9.13. The monoisotopic (exact) mass is 187 g/mol. The van der Waals surface area contributed by atoms with Gasteiger partial charge in [0, 0.05) is 18.5 Å². The van der Waals surface area contributed by atoms with E-state index in [1.54, 1.807) is 0 Å². The van der Waals surface area contributed by atoms with Crippen LogP contribution in [0, 0.1) is 5.92 Å². The van der Waals surface area contributed by atoms with Crippen LogP contribution in [0.3, 0.4) is 0 Å². The fraction of sp³-hybridized carbons (Fsp3) is 1.00. The number of piperidine rings is 1. The highest BCUT2D eigenvalue weighted by molar-refractivity contribution is 6.20. The number of alkyl halides is 4. The lowest BCUT2D eigenvalue weighted by Gasteiger charge is -2.27. The molecule has 1 rings (SSSR count). The molecular weight excluding hydrogens is 179 g/mol. The van der Waals surface area contributed by atoms with Crippen molar-refractivity contribution < 1.29 is 13.2 Å². The summed E-state index contributed by atoms with van der Waals surface area (Å²) in [6.45, 7) is 0.487. The Morgan fingerprint density at radius 2 is 1.91 bits per heavy atom. The first-order valence-corrected chi connectivity index (χ1v) is 3.85. The fourth-order valence-electron chi connectivity index (χ4n) is 1.14. The first-order chi connectivity index (χ1) is 5.00. The van der Waals surface area contributed by atoms with Gasteiger partial charge in [-0.3, -0.25) is 0 Å². The van der Waals surface area contributed by atoms with E-state index in [1.165, 1.54) is 0 Å². The molecule has 1 aliphatic heterocycles. The summed E-state index contributed by atoms with van der Waals surface area (Å²) in [5.41, 5.74) is 0. The Hall–Kier alpha value is 0.0400. The molecule has 1 saturated heterocycles. The average Bonchev–Trinajstić information content (AvgIpc) is 1.86. The molecule has 0 radical (unpaired) electrons. The second kappa shape index (κ2) is 3.19. The predicted molar refractivity (Wildman–Crippen MR) is 36.7 cm³/mol. The molecule has 1 fully saturated rings. The molecule has 0 saturated carbocycles. The molecule has 11 heavy (non-hydrogen) atoms. The van der Waals surface area contributed by atoms with Crippen LogP contribution < -0.4 is 5.32 Å². The lowest BCUT2D eigenvalue weighted by Crippen LogP contribution is -2.43. The van der Waals surface area contributed by atoms with E-state index in [0.29, 0.717) is 6.54 Å². The normalized spacial score (nSPS) is 33.8. The van der Waals surface area contributed by atoms with Gasteiger partial charge in [0.1, 0.15) is 0 Å². The van der Waals surface area contributed by atoms with Crippen LogP contribution in [0.2, 0.25) is 0 Å². The van der Waals surface area contributed by atoms with Crippen molar-refractivity contribution in [3.63, 3.8) is 0 Å². The van der Waals surface area contributed by atoms with Gasteiger partial charge < -0.3 is 5.32 Å². The van der Waals surface area contributed by atoms with E-state index >= 15 is 0 Å². The fourth-order valence-corrected chi connectivity index (χ4v) is 1.46. The van der Waals surface area contributed by atoms with Crippen LogP contribution in [-0.2, 0) is 0 Å². The van der Waals surface area contributed by atoms with Crippen LogP contribution in [0.5, 0.6) is 0 Å². The van der Waals surface area contributed by atoms with Gasteiger partial charge in [0.05, 0.1) is 5.92 Å². The molecule has 5 heteroatoms. The maximum Gasteiger partial charge on any atom is 0.393 e. The molecule has 0 amide bonds. The number of hydrogen-bond acceptors (Lipinski definition) is 1. The Bertz CT molecular complexity index is 136. The summed E-state index contributed by atoms with van der Waals surface area (Å²) in [4.78, 5) is 0. The van der Waals surface area contributed by atoms with Crippen molar-refractivity contribution in [1.82, 2.24) is 5.32 Å². The topological polar surface area (TPSA) is 12.0 Å². The summed E-state index contributed by atoms with van der Waals surface area (Å²) in [6.07, 6.45) is -4.06. The molecule has 1 N–H and O–H groups in total. The Balaban J connectivity index is 2.46. The second-order valence-electron chi connectivity index (χ2n) is 2.73. The summed E-state index contributed by atoms with van der Waals surface area (Å²) in [5.74, 6) is -1.27. The molecular formula is C6H9ClF3N. The Kier molecular flexibility index (Phi) is 2.65. The van der Waals surface area contributed by atoms with Gasteiger partial charge >= 0.3 is 6.18 Å². The molecule has 1 aliphatic rings. The Labute approximate surface area is 67.9 Å². The van der Waals surface area contributed by atoms with Gasteiger partial charge in [0.25, 0.3) is 0 Å². The van der Waals surface area contributed by atoms with Gasteiger partial charge in [-0.15, -0.1) is 11.6 Å². The van der Waals surface area contributed by atoms with E-state index in [4.69, 9.17) is 11.6 Å². The zero-order valence-electron chi connectivity index (χ0n) is 5.79. The van der Waals surface area contributed by atoms with E-state index in [1.807, 2.05) is 0 Å². The molecule has 0 aromatic heterocycles. The SMILES string of the molecule is FC(F)(F)C1CNCC(Cl)C1. The minimum atomic E-state index is -4.10. The van der Waals surface area contributed by atoms with Crippen molar-refractivity contribution in [1.29, 1.82) is 0 Å². The van der Waals surface area contributed by atoms with Crippen molar-refractivity contribution in [2.24, 2.45) is 5.92 Å². The van der Waals surface area contributed by atoms with Gasteiger partial charge in [-0.1, -0.05) is 0 Å². The molecule has 0 spiro atoms. The largest absolute Gasteiger partial charge is 0.393 e. The molecule has 0 bridgehead atoms. The average molecular weight is 188 g/mol. The standard InChI is InChI=1S/C6H9ClF3N/c7-5-1-4(2-11-3-5)6(8,9)10/h4-5,11H,1-3H2. The Morgan fingerprint density at radius 3 is 2.27 bits per heavy atom. The molecule has 0 aliphatic carbocycles. The predicted octanol–water partition coefficient (Wildman–Crippen LogP) is 1.77. The zero-order chi connectivity index (χ0) is 8.48. The van der Waals surface area contributed by atoms with Crippen molar-refractivity contribution in [2.45, 2.75) is 18.0 Å². The van der Waals surface area contributed by atoms with E-state index in [-0.39, 0.29) is 18.3 Å². The third-order valence-corrected chi connectivity index (χ3v) is 2.09. The number of halogens is 4. The van der Waals surface area contributed by atoms with Gasteiger partial charge in [-0.2, -0.15) is 13.2 Å². The van der Waals surface area contributed by atoms with E-state index in [0.717, 1.165) is 0 Å². The second-order valence-corrected chi connectivity index (χ2v) is 3.35. The number of nitrogens with one attached hydrogen (secondary N) is 1. The summed E-state index contributed by atoms with van der Waals surface area (Å²) in [6, 6.07) is 0. The van der Waals surface area contributed by atoms with Gasteiger partial charge in [-0.25, -0.2) is 0 Å². The van der Waals surface area contributed by atoms with Crippen molar-refractivity contribution in [3.8, 4) is 0 Å². The van der Waals surface area contributed by atoms with Crippen molar-refractivity contribution in [3.05, 3.63) is 0 Å². The van der Waals surface area contributed by atoms with Crippen LogP contribution in [0.15, 0.2) is 0 Å². The van der Waals surface area contributed by atoms with Gasteiger partial charge in [0.15, 0.2) is 0 Å². The zero-order valence-corrected chi connectivity index (χ0v) is 6.54. The van der Waals surface area contributed by atoms with Crippen LogP contribution in [-0.4, -0.2) is 24.6 Å². The summed E-state index contributed by atoms with van der Waals surface area (Å²) in [5, 5.41) is 2.26. The van der Waals surface area contributed by atoms with Crippen LogP contribution >= 0.6 is 11.6 Å². The third-order valence-electron chi connectivity index (χ3n) is 1.76. The van der Waals surface area contributed by atoms with Crippen LogP contribution in [0.1, 0.15) is 6.42 Å². The first-order valence-electron chi connectivity index (χ1n) is 3.41. The van der Waals surface area contributed by atoms with Crippen molar-refractivity contribution in [2.75, 3.05) is 13.1 Å². The van der Waals surface area contributed by atoms with E-state index in [2.05, 4.69) is 5.32 Å². The lowest BCUT2D eigenvalue weighted by atomic mass is 9.99. The third kappa shape index (κ3) is 2.52. The molecule has 1 nitrogen and oxygen atoms in total. The highest BCUT2D eigenvalue weighted by Gasteiger charge is 2.41. The van der Waals surface area contributed by atoms with Gasteiger partial charge in [0.2, 0.25) is 0 Å². The quantitative estimate of drug-likeness (QED) is 0.570. The lowest BCUT2D eigenvalue weighted by molar-refractivity contribution is -0.177. The Morgan fingerprint density at radius 1 is 1.27 bits per heavy atom. The number of hydrogen-bond donors (Lipinski definition) is 1. The maximum absolute atomic E-state index is 12.0. The molecule has 0 aromatic carbocycles. The van der Waals surface area contributed by atoms with Crippen molar-refractivity contribution >= 4 is 11.6 Å². The summed E-state index contributed by atoms with van der Waals surface area (Å²) >= 11 is 5.55. The molecule has 2 atom stereocenters. The maximum atomic E-state index is 12.0. The van der Waals surface area contributed by atoms with Crippen LogP contribution in [0.4, 0.5) is 13.2 Å². The van der Waals surface area contributed by atoms with Gasteiger partial charge in [-0.05, 0) is 6.42 Å².